The highest BCUT2D eigenvalue weighted by atomic mass is 35.5. The highest BCUT2D eigenvalue weighted by Crippen LogP contribution is 2.27. The lowest BCUT2D eigenvalue weighted by Crippen LogP contribution is -2.42. The molecule has 0 radical (unpaired) electrons. The van der Waals surface area contributed by atoms with Gasteiger partial charge in [-0.1, -0.05) is 35.1 Å². The topological polar surface area (TPSA) is 56.1 Å². The van der Waals surface area contributed by atoms with Crippen LogP contribution in [0, 0.1) is 6.92 Å². The van der Waals surface area contributed by atoms with Crippen molar-refractivity contribution in [2.45, 2.75) is 13.6 Å². The van der Waals surface area contributed by atoms with E-state index in [-0.39, 0.29) is 5.56 Å². The zero-order chi connectivity index (χ0) is 20.5. The van der Waals surface area contributed by atoms with E-state index in [0.29, 0.717) is 34.4 Å². The van der Waals surface area contributed by atoms with Gasteiger partial charge < -0.3 is 14.4 Å². The molecule has 150 valence electrons. The van der Waals surface area contributed by atoms with E-state index >= 15 is 0 Å². The Bertz CT molecular complexity index is 1250. The largest absolute Gasteiger partial charge is 0.493 e. The molecule has 1 aromatic heterocycles. The van der Waals surface area contributed by atoms with Crippen molar-refractivity contribution in [3.05, 3.63) is 72.2 Å². The Hall–Kier alpha value is -2.77. The number of ether oxygens (including phenoxy) is 2. The molecule has 0 unspecified atom stereocenters. The Labute approximate surface area is 176 Å². The van der Waals surface area contributed by atoms with Crippen LogP contribution in [0.3, 0.4) is 0 Å². The van der Waals surface area contributed by atoms with Gasteiger partial charge in [0.1, 0.15) is 13.3 Å². The molecular weight excluding hydrogens is 410 g/mol. The molecule has 4 rings (SSSR count). The summed E-state index contributed by atoms with van der Waals surface area (Å²) >= 11 is 7.64. The molecule has 6 nitrogen and oxygen atoms in total. The van der Waals surface area contributed by atoms with Crippen LogP contribution >= 0.6 is 22.9 Å². The summed E-state index contributed by atoms with van der Waals surface area (Å²) in [4.78, 5) is 20.3. The van der Waals surface area contributed by atoms with Gasteiger partial charge in [0.2, 0.25) is 0 Å². The fourth-order valence-corrected chi connectivity index (χ4v) is 4.28. The number of rotatable bonds is 4. The third kappa shape index (κ3) is 3.75. The Morgan fingerprint density at radius 3 is 2.66 bits per heavy atom. The molecular formula is C21H20ClN3O3S. The van der Waals surface area contributed by atoms with Crippen LogP contribution in [0.1, 0.15) is 11.1 Å². The minimum absolute atomic E-state index is 0.0635. The number of anilines is 1. The van der Waals surface area contributed by atoms with Crippen LogP contribution in [0.15, 0.2) is 46.2 Å². The third-order valence-corrected chi connectivity index (χ3v) is 6.25. The fraction of sp³-hybridized carbons (Fsp3) is 0.238. The summed E-state index contributed by atoms with van der Waals surface area (Å²) in [5, 5.41) is 0.702. The maximum absolute atomic E-state index is 13.0. The van der Waals surface area contributed by atoms with Crippen molar-refractivity contribution >= 4 is 34.7 Å². The SMILES string of the molecule is COc1ccc(C=c2sc3n(c2=O)CN(c2ccc(C)c(Cl)c2)CN=3)cc1OC. The molecule has 0 bridgehead atoms. The number of thiazole rings is 1. The molecule has 29 heavy (non-hydrogen) atoms. The molecule has 0 spiro atoms. The van der Waals surface area contributed by atoms with Crippen LogP contribution < -0.4 is 29.3 Å². The van der Waals surface area contributed by atoms with Gasteiger partial charge in [-0.3, -0.25) is 9.36 Å². The van der Waals surface area contributed by atoms with Crippen molar-refractivity contribution in [1.82, 2.24) is 4.57 Å². The van der Waals surface area contributed by atoms with E-state index in [1.54, 1.807) is 18.8 Å². The molecule has 0 atom stereocenters. The maximum atomic E-state index is 13.0. The molecule has 0 fully saturated rings. The number of fused-ring (bicyclic) bond motifs is 1. The third-order valence-electron chi connectivity index (χ3n) is 4.80. The normalized spacial score (nSPS) is 13.8. The molecule has 2 aromatic carbocycles. The van der Waals surface area contributed by atoms with Crippen molar-refractivity contribution in [2.75, 3.05) is 25.8 Å². The molecule has 8 heteroatoms. The predicted molar refractivity (Wildman–Crippen MR) is 116 cm³/mol. The van der Waals surface area contributed by atoms with Gasteiger partial charge in [0.15, 0.2) is 16.3 Å². The van der Waals surface area contributed by atoms with E-state index < -0.39 is 0 Å². The Balaban J connectivity index is 1.69. The van der Waals surface area contributed by atoms with E-state index in [0.717, 1.165) is 21.6 Å². The number of aryl methyl sites for hydroxylation is 1. The van der Waals surface area contributed by atoms with Gasteiger partial charge in [-0.15, -0.1) is 0 Å². The van der Waals surface area contributed by atoms with Gasteiger partial charge in [-0.2, -0.15) is 0 Å². The minimum atomic E-state index is -0.0635. The lowest BCUT2D eigenvalue weighted by molar-refractivity contribution is 0.355. The fourth-order valence-electron chi connectivity index (χ4n) is 3.15. The standard InChI is InChI=1S/C21H20ClN3O3S/c1-13-4-6-15(10-16(13)22)24-11-23-21-25(12-24)20(26)19(29-21)9-14-5-7-17(27-2)18(8-14)28-3/h4-10H,11-12H2,1-3H3. The summed E-state index contributed by atoms with van der Waals surface area (Å²) in [6.07, 6.45) is 1.85. The number of aromatic nitrogens is 1. The first-order valence-electron chi connectivity index (χ1n) is 8.99. The van der Waals surface area contributed by atoms with E-state index in [2.05, 4.69) is 4.99 Å². The Morgan fingerprint density at radius 2 is 1.93 bits per heavy atom. The average molecular weight is 430 g/mol. The summed E-state index contributed by atoms with van der Waals surface area (Å²) < 4.78 is 12.9. The molecule has 3 aromatic rings. The second-order valence-corrected chi connectivity index (χ2v) is 8.07. The maximum Gasteiger partial charge on any atom is 0.271 e. The minimum Gasteiger partial charge on any atom is -0.493 e. The number of halogens is 1. The molecule has 1 aliphatic rings. The number of benzene rings is 2. The highest BCUT2D eigenvalue weighted by molar-refractivity contribution is 7.07. The van der Waals surface area contributed by atoms with Gasteiger partial charge in [0.25, 0.3) is 5.56 Å². The van der Waals surface area contributed by atoms with Gasteiger partial charge in [0.05, 0.1) is 18.8 Å². The summed E-state index contributed by atoms with van der Waals surface area (Å²) in [7, 11) is 3.18. The molecule has 0 saturated carbocycles. The van der Waals surface area contributed by atoms with Crippen LogP contribution in [0.2, 0.25) is 5.02 Å². The quantitative estimate of drug-likeness (QED) is 0.640. The molecule has 1 aliphatic heterocycles. The lowest BCUT2D eigenvalue weighted by Gasteiger charge is -2.26. The Morgan fingerprint density at radius 1 is 1.14 bits per heavy atom. The van der Waals surface area contributed by atoms with E-state index in [9.17, 15) is 4.79 Å². The summed E-state index contributed by atoms with van der Waals surface area (Å²) in [6, 6.07) is 11.4. The van der Waals surface area contributed by atoms with Crippen molar-refractivity contribution in [2.24, 2.45) is 4.99 Å². The van der Waals surface area contributed by atoms with Crippen LogP contribution in [0.4, 0.5) is 5.69 Å². The first-order chi connectivity index (χ1) is 14.0. The number of hydrogen-bond donors (Lipinski definition) is 0. The van der Waals surface area contributed by atoms with E-state index in [1.807, 2.05) is 54.3 Å². The van der Waals surface area contributed by atoms with Crippen molar-refractivity contribution in [3.8, 4) is 11.5 Å². The molecule has 0 N–H and O–H groups in total. The lowest BCUT2D eigenvalue weighted by atomic mass is 10.2. The molecule has 0 aliphatic carbocycles. The summed E-state index contributed by atoms with van der Waals surface area (Å²) in [5.74, 6) is 1.27. The monoisotopic (exact) mass is 429 g/mol. The van der Waals surface area contributed by atoms with Crippen LogP contribution in [-0.4, -0.2) is 25.5 Å². The van der Waals surface area contributed by atoms with Gasteiger partial charge in [-0.05, 0) is 48.4 Å². The predicted octanol–water partition coefficient (Wildman–Crippen LogP) is 2.77. The van der Waals surface area contributed by atoms with Crippen LogP contribution in [0.25, 0.3) is 6.08 Å². The van der Waals surface area contributed by atoms with E-state index in [1.165, 1.54) is 11.3 Å². The van der Waals surface area contributed by atoms with Gasteiger partial charge in [-0.25, -0.2) is 4.99 Å². The zero-order valence-electron chi connectivity index (χ0n) is 16.3. The molecule has 0 amide bonds. The van der Waals surface area contributed by atoms with Crippen LogP contribution in [-0.2, 0) is 6.67 Å². The number of hydrogen-bond acceptors (Lipinski definition) is 6. The molecule has 2 heterocycles. The highest BCUT2D eigenvalue weighted by Gasteiger charge is 2.16. The first kappa shape index (κ1) is 19.5. The van der Waals surface area contributed by atoms with Crippen LogP contribution in [0.5, 0.6) is 11.5 Å². The second kappa shape index (κ2) is 7.93. The van der Waals surface area contributed by atoms with Gasteiger partial charge >= 0.3 is 0 Å². The van der Waals surface area contributed by atoms with Crippen molar-refractivity contribution in [1.29, 1.82) is 0 Å². The van der Waals surface area contributed by atoms with Crippen molar-refractivity contribution in [3.63, 3.8) is 0 Å². The van der Waals surface area contributed by atoms with E-state index in [4.69, 9.17) is 21.1 Å². The first-order valence-corrected chi connectivity index (χ1v) is 10.2. The molecule has 0 saturated heterocycles. The summed E-state index contributed by atoms with van der Waals surface area (Å²) in [5.41, 5.74) is 2.76. The summed E-state index contributed by atoms with van der Waals surface area (Å²) in [6.45, 7) is 2.88. The number of methoxy groups -OCH3 is 2. The number of nitrogens with zero attached hydrogens (tertiary/aromatic N) is 3. The average Bonchev–Trinajstić information content (AvgIpc) is 3.04. The van der Waals surface area contributed by atoms with Crippen molar-refractivity contribution < 1.29 is 9.47 Å². The van der Waals surface area contributed by atoms with Gasteiger partial charge in [0, 0.05) is 10.7 Å². The second-order valence-electron chi connectivity index (χ2n) is 6.66. The Kier molecular flexibility index (Phi) is 5.34. The zero-order valence-corrected chi connectivity index (χ0v) is 17.9. The smallest absolute Gasteiger partial charge is 0.271 e.